The van der Waals surface area contributed by atoms with Crippen LogP contribution in [-0.4, -0.2) is 26.9 Å². The van der Waals surface area contributed by atoms with Crippen molar-refractivity contribution in [1.82, 2.24) is 20.8 Å². The highest BCUT2D eigenvalue weighted by Crippen LogP contribution is 2.21. The molecule has 1 heterocycles. The lowest BCUT2D eigenvalue weighted by atomic mass is 10.1. The lowest BCUT2D eigenvalue weighted by Gasteiger charge is -2.10. The summed E-state index contributed by atoms with van der Waals surface area (Å²) in [6, 6.07) is 13.8. The zero-order valence-corrected chi connectivity index (χ0v) is 17.7. The second-order valence-electron chi connectivity index (χ2n) is 6.80. The van der Waals surface area contributed by atoms with Crippen LogP contribution in [0, 0.1) is 20.8 Å². The van der Waals surface area contributed by atoms with Gasteiger partial charge in [0.25, 0.3) is 11.8 Å². The second-order valence-corrected chi connectivity index (χ2v) is 7.74. The summed E-state index contributed by atoms with van der Waals surface area (Å²) >= 11 is 1.53. The Hall–Kier alpha value is -3.39. The first-order chi connectivity index (χ1) is 14.3. The van der Waals surface area contributed by atoms with Gasteiger partial charge in [-0.1, -0.05) is 36.0 Å². The topological polar surface area (TPSA) is 104 Å². The van der Waals surface area contributed by atoms with E-state index >= 15 is 0 Å². The summed E-state index contributed by atoms with van der Waals surface area (Å²) in [6.45, 7) is 5.56. The van der Waals surface area contributed by atoms with Crippen molar-refractivity contribution in [3.63, 3.8) is 0 Å². The molecule has 0 aliphatic heterocycles. The van der Waals surface area contributed by atoms with Gasteiger partial charge in [-0.25, -0.2) is 9.97 Å². The number of hydrogen-bond acceptors (Lipinski definition) is 6. The van der Waals surface area contributed by atoms with Gasteiger partial charge in [0.1, 0.15) is 5.75 Å². The maximum atomic E-state index is 12.3. The number of aromatic hydroxyl groups is 1. The summed E-state index contributed by atoms with van der Waals surface area (Å²) in [4.78, 5) is 33.3. The molecule has 154 valence electrons. The van der Waals surface area contributed by atoms with E-state index in [1.54, 1.807) is 31.2 Å². The van der Waals surface area contributed by atoms with Gasteiger partial charge in [-0.2, -0.15) is 0 Å². The number of phenols is 1. The van der Waals surface area contributed by atoms with Crippen molar-refractivity contribution >= 4 is 23.6 Å². The van der Waals surface area contributed by atoms with Crippen molar-refractivity contribution in [3.05, 3.63) is 82.2 Å². The molecule has 7 nitrogen and oxygen atoms in total. The molecule has 0 atom stereocenters. The van der Waals surface area contributed by atoms with Crippen LogP contribution in [0.1, 0.15) is 43.2 Å². The Kier molecular flexibility index (Phi) is 6.68. The highest BCUT2D eigenvalue weighted by Gasteiger charge is 2.14. The average molecular weight is 423 g/mol. The first-order valence-electron chi connectivity index (χ1n) is 9.27. The molecule has 0 saturated heterocycles. The van der Waals surface area contributed by atoms with Crippen LogP contribution in [0.5, 0.6) is 5.75 Å². The molecule has 2 aromatic carbocycles. The van der Waals surface area contributed by atoms with Gasteiger partial charge in [-0.05, 0) is 56.2 Å². The Balaban J connectivity index is 1.55. The molecule has 1 aromatic heterocycles. The third kappa shape index (κ3) is 5.36. The van der Waals surface area contributed by atoms with Gasteiger partial charge >= 0.3 is 0 Å². The Morgan fingerprint density at radius 2 is 1.57 bits per heavy atom. The minimum Gasteiger partial charge on any atom is -0.507 e. The van der Waals surface area contributed by atoms with Crippen LogP contribution in [0.4, 0.5) is 0 Å². The van der Waals surface area contributed by atoms with Crippen LogP contribution in [0.3, 0.4) is 0 Å². The molecule has 3 rings (SSSR count). The summed E-state index contributed by atoms with van der Waals surface area (Å²) in [5.74, 6) is -0.481. The molecule has 8 heteroatoms. The number of phenolic OH excluding ortho intramolecular Hbond substituents is 1. The first-order valence-corrected chi connectivity index (χ1v) is 10.3. The van der Waals surface area contributed by atoms with Crippen LogP contribution in [0.2, 0.25) is 0 Å². The maximum Gasteiger partial charge on any atom is 0.273 e. The summed E-state index contributed by atoms with van der Waals surface area (Å²) < 4.78 is 0. The SMILES string of the molecule is Cc1cc(C)nc(SCc2ccc(C(=O)NNC(=O)c3cccc(C)c3O)cc2)n1. The van der Waals surface area contributed by atoms with Crippen molar-refractivity contribution in [3.8, 4) is 5.75 Å². The van der Waals surface area contributed by atoms with E-state index in [4.69, 9.17) is 0 Å². The van der Waals surface area contributed by atoms with Gasteiger partial charge in [0.2, 0.25) is 0 Å². The summed E-state index contributed by atoms with van der Waals surface area (Å²) in [6.07, 6.45) is 0. The number of thioether (sulfide) groups is 1. The molecule has 0 aliphatic rings. The van der Waals surface area contributed by atoms with Gasteiger partial charge in [0.15, 0.2) is 5.16 Å². The molecular formula is C22H22N4O3S. The van der Waals surface area contributed by atoms with Gasteiger partial charge in [-0.15, -0.1) is 0 Å². The van der Waals surface area contributed by atoms with Crippen molar-refractivity contribution in [2.45, 2.75) is 31.7 Å². The van der Waals surface area contributed by atoms with Crippen molar-refractivity contribution < 1.29 is 14.7 Å². The monoisotopic (exact) mass is 422 g/mol. The van der Waals surface area contributed by atoms with Crippen LogP contribution in [0.25, 0.3) is 0 Å². The maximum absolute atomic E-state index is 12.3. The zero-order valence-electron chi connectivity index (χ0n) is 16.9. The van der Waals surface area contributed by atoms with E-state index in [2.05, 4.69) is 20.8 Å². The zero-order chi connectivity index (χ0) is 21.7. The standard InChI is InChI=1S/C22H22N4O3S/c1-13-5-4-6-18(19(13)27)21(29)26-25-20(28)17-9-7-16(8-10-17)12-30-22-23-14(2)11-15(3)24-22/h4-11,27H,12H2,1-3H3,(H,25,28)(H,26,29). The van der Waals surface area contributed by atoms with E-state index in [0.717, 1.165) is 22.1 Å². The number of carbonyl (C=O) groups is 2. The molecule has 0 spiro atoms. The predicted octanol–water partition coefficient (Wildman–Crippen LogP) is 3.47. The fourth-order valence-corrected chi connectivity index (χ4v) is 3.66. The molecule has 0 fully saturated rings. The molecule has 0 bridgehead atoms. The largest absolute Gasteiger partial charge is 0.507 e. The smallest absolute Gasteiger partial charge is 0.273 e. The Morgan fingerprint density at radius 1 is 0.933 bits per heavy atom. The molecule has 3 aromatic rings. The highest BCUT2D eigenvalue weighted by atomic mass is 32.2. The predicted molar refractivity (Wildman–Crippen MR) is 115 cm³/mol. The van der Waals surface area contributed by atoms with Crippen LogP contribution in [-0.2, 0) is 5.75 Å². The molecule has 0 radical (unpaired) electrons. The number of aryl methyl sites for hydroxylation is 3. The number of hydrazine groups is 1. The van der Waals surface area contributed by atoms with E-state index in [1.807, 2.05) is 32.0 Å². The number of nitrogens with zero attached hydrogens (tertiary/aromatic N) is 2. The number of nitrogens with one attached hydrogen (secondary N) is 2. The normalized spacial score (nSPS) is 10.5. The van der Waals surface area contributed by atoms with Gasteiger partial charge in [0, 0.05) is 22.7 Å². The van der Waals surface area contributed by atoms with Crippen molar-refractivity contribution in [2.75, 3.05) is 0 Å². The highest BCUT2D eigenvalue weighted by molar-refractivity contribution is 7.98. The van der Waals surface area contributed by atoms with Crippen molar-refractivity contribution in [1.29, 1.82) is 0 Å². The fourth-order valence-electron chi connectivity index (χ4n) is 2.75. The van der Waals surface area contributed by atoms with E-state index < -0.39 is 11.8 Å². The second kappa shape index (κ2) is 9.41. The Morgan fingerprint density at radius 3 is 2.23 bits per heavy atom. The number of benzene rings is 2. The minimum atomic E-state index is -0.592. The first kappa shape index (κ1) is 21.3. The fraction of sp³-hybridized carbons (Fsp3) is 0.182. The number of para-hydroxylation sites is 1. The minimum absolute atomic E-state index is 0.0938. The summed E-state index contributed by atoms with van der Waals surface area (Å²) in [5.41, 5.74) is 8.63. The van der Waals surface area contributed by atoms with E-state index in [-0.39, 0.29) is 11.3 Å². The average Bonchev–Trinajstić information content (AvgIpc) is 2.72. The van der Waals surface area contributed by atoms with Crippen molar-refractivity contribution in [2.24, 2.45) is 0 Å². The quantitative estimate of drug-likeness (QED) is 0.330. The van der Waals surface area contributed by atoms with Gasteiger partial charge in [-0.3, -0.25) is 20.4 Å². The lowest BCUT2D eigenvalue weighted by Crippen LogP contribution is -2.41. The third-order valence-electron chi connectivity index (χ3n) is 4.32. The van der Waals surface area contributed by atoms with E-state index in [1.165, 1.54) is 17.8 Å². The van der Waals surface area contributed by atoms with Crippen LogP contribution >= 0.6 is 11.8 Å². The number of hydrogen-bond donors (Lipinski definition) is 3. The number of carbonyl (C=O) groups excluding carboxylic acids is 2. The Bertz CT molecular complexity index is 1060. The van der Waals surface area contributed by atoms with E-state index in [0.29, 0.717) is 16.9 Å². The molecule has 0 saturated carbocycles. The molecule has 2 amide bonds. The van der Waals surface area contributed by atoms with Gasteiger partial charge in [0.05, 0.1) is 5.56 Å². The molecule has 0 aliphatic carbocycles. The molecule has 3 N–H and O–H groups in total. The Labute approximate surface area is 178 Å². The molecule has 0 unspecified atom stereocenters. The summed E-state index contributed by atoms with van der Waals surface area (Å²) in [7, 11) is 0. The summed E-state index contributed by atoms with van der Waals surface area (Å²) in [5, 5.41) is 10.7. The number of rotatable bonds is 5. The molecular weight excluding hydrogens is 400 g/mol. The number of amides is 2. The number of aromatic nitrogens is 2. The van der Waals surface area contributed by atoms with Crippen LogP contribution in [0.15, 0.2) is 53.7 Å². The van der Waals surface area contributed by atoms with E-state index in [9.17, 15) is 14.7 Å². The third-order valence-corrected chi connectivity index (χ3v) is 5.24. The lowest BCUT2D eigenvalue weighted by molar-refractivity contribution is 0.0845. The molecule has 30 heavy (non-hydrogen) atoms. The van der Waals surface area contributed by atoms with Gasteiger partial charge < -0.3 is 5.11 Å². The van der Waals surface area contributed by atoms with Crippen LogP contribution < -0.4 is 10.9 Å².